The summed E-state index contributed by atoms with van der Waals surface area (Å²) in [4.78, 5) is 4.34. The standard InChI is InChI=1S/C13H15F3N2O/c1-9-17-10-5-3-6-11(19-2)12(10)18(9)8-4-7-13(14,15)16/h3,5-6H,4,7-8H2,1-2H3. The van der Waals surface area contributed by atoms with E-state index in [1.54, 1.807) is 17.6 Å². The van der Waals surface area contributed by atoms with Crippen LogP contribution in [0.3, 0.4) is 0 Å². The lowest BCUT2D eigenvalue weighted by molar-refractivity contribution is -0.135. The number of halogens is 3. The van der Waals surface area contributed by atoms with E-state index in [4.69, 9.17) is 4.74 Å². The Labute approximate surface area is 109 Å². The maximum absolute atomic E-state index is 12.2. The van der Waals surface area contributed by atoms with E-state index in [9.17, 15) is 13.2 Å². The highest BCUT2D eigenvalue weighted by molar-refractivity contribution is 5.82. The molecule has 2 aromatic rings. The van der Waals surface area contributed by atoms with Crippen molar-refractivity contribution in [3.8, 4) is 5.75 Å². The third kappa shape index (κ3) is 3.00. The van der Waals surface area contributed by atoms with Crippen LogP contribution in [-0.4, -0.2) is 22.8 Å². The number of alkyl halides is 3. The van der Waals surface area contributed by atoms with Crippen LogP contribution in [0.2, 0.25) is 0 Å². The molecule has 3 nitrogen and oxygen atoms in total. The number of nitrogens with zero attached hydrogens (tertiary/aromatic N) is 2. The average molecular weight is 272 g/mol. The summed E-state index contributed by atoms with van der Waals surface area (Å²) < 4.78 is 43.6. The van der Waals surface area contributed by atoms with Crippen LogP contribution < -0.4 is 4.74 Å². The Morgan fingerprint density at radius 1 is 1.32 bits per heavy atom. The van der Waals surface area contributed by atoms with Crippen molar-refractivity contribution in [2.75, 3.05) is 7.11 Å². The van der Waals surface area contributed by atoms with Gasteiger partial charge in [0.25, 0.3) is 0 Å². The minimum absolute atomic E-state index is 0.0356. The summed E-state index contributed by atoms with van der Waals surface area (Å²) in [6, 6.07) is 5.42. The molecular weight excluding hydrogens is 257 g/mol. The smallest absolute Gasteiger partial charge is 0.389 e. The molecule has 19 heavy (non-hydrogen) atoms. The Morgan fingerprint density at radius 3 is 2.68 bits per heavy atom. The summed E-state index contributed by atoms with van der Waals surface area (Å²) in [5.74, 6) is 1.33. The zero-order chi connectivity index (χ0) is 14.0. The molecule has 0 amide bonds. The molecule has 0 saturated carbocycles. The van der Waals surface area contributed by atoms with Gasteiger partial charge in [0.05, 0.1) is 12.6 Å². The second-order valence-electron chi connectivity index (χ2n) is 4.36. The fourth-order valence-electron chi connectivity index (χ4n) is 2.14. The summed E-state index contributed by atoms with van der Waals surface area (Å²) in [6.45, 7) is 2.06. The number of hydrogen-bond acceptors (Lipinski definition) is 2. The molecule has 0 atom stereocenters. The SMILES string of the molecule is COc1cccc2nc(C)n(CCCC(F)(F)F)c12. The van der Waals surface area contributed by atoms with Crippen LogP contribution in [0.25, 0.3) is 11.0 Å². The maximum atomic E-state index is 12.2. The van der Waals surface area contributed by atoms with Crippen molar-refractivity contribution in [3.05, 3.63) is 24.0 Å². The second kappa shape index (κ2) is 5.11. The highest BCUT2D eigenvalue weighted by atomic mass is 19.4. The van der Waals surface area contributed by atoms with Crippen molar-refractivity contribution in [3.63, 3.8) is 0 Å². The minimum Gasteiger partial charge on any atom is -0.494 e. The van der Waals surface area contributed by atoms with Gasteiger partial charge in [0.15, 0.2) is 0 Å². The summed E-state index contributed by atoms with van der Waals surface area (Å²) >= 11 is 0. The first-order chi connectivity index (χ1) is 8.92. The van der Waals surface area contributed by atoms with Gasteiger partial charge in [-0.1, -0.05) is 6.07 Å². The quantitative estimate of drug-likeness (QED) is 0.848. The molecule has 1 aromatic heterocycles. The number of para-hydroxylation sites is 1. The van der Waals surface area contributed by atoms with Gasteiger partial charge in [-0.3, -0.25) is 0 Å². The molecule has 0 spiro atoms. The highest BCUT2D eigenvalue weighted by Gasteiger charge is 2.26. The number of hydrogen-bond donors (Lipinski definition) is 0. The van der Waals surface area contributed by atoms with E-state index < -0.39 is 12.6 Å². The van der Waals surface area contributed by atoms with Gasteiger partial charge < -0.3 is 9.30 Å². The molecule has 0 radical (unpaired) electrons. The summed E-state index contributed by atoms with van der Waals surface area (Å²) in [5.41, 5.74) is 1.49. The number of methoxy groups -OCH3 is 1. The van der Waals surface area contributed by atoms with E-state index in [1.807, 2.05) is 12.1 Å². The van der Waals surface area contributed by atoms with Crippen LogP contribution >= 0.6 is 0 Å². The molecule has 6 heteroatoms. The molecule has 2 rings (SSSR count). The summed E-state index contributed by atoms with van der Waals surface area (Å²) in [5, 5.41) is 0. The van der Waals surface area contributed by atoms with Gasteiger partial charge in [-0.15, -0.1) is 0 Å². The van der Waals surface area contributed by atoms with Crippen LogP contribution in [0.15, 0.2) is 18.2 Å². The van der Waals surface area contributed by atoms with Gasteiger partial charge in [-0.2, -0.15) is 13.2 Å². The number of benzene rings is 1. The number of aryl methyl sites for hydroxylation is 2. The molecule has 0 bridgehead atoms. The highest BCUT2D eigenvalue weighted by Crippen LogP contribution is 2.28. The normalized spacial score (nSPS) is 12.1. The molecule has 0 unspecified atom stereocenters. The van der Waals surface area contributed by atoms with Crippen molar-refractivity contribution < 1.29 is 17.9 Å². The maximum Gasteiger partial charge on any atom is 0.389 e. The predicted octanol–water partition coefficient (Wildman–Crippen LogP) is 3.70. The number of ether oxygens (including phenoxy) is 1. The van der Waals surface area contributed by atoms with Gasteiger partial charge in [0.1, 0.15) is 17.1 Å². The average Bonchev–Trinajstić information content (AvgIpc) is 2.64. The van der Waals surface area contributed by atoms with E-state index >= 15 is 0 Å². The van der Waals surface area contributed by atoms with Gasteiger partial charge in [0, 0.05) is 13.0 Å². The number of imidazole rings is 1. The first kappa shape index (κ1) is 13.7. The molecule has 0 aliphatic rings. The van der Waals surface area contributed by atoms with Crippen molar-refractivity contribution in [1.29, 1.82) is 0 Å². The van der Waals surface area contributed by atoms with Gasteiger partial charge in [-0.05, 0) is 25.5 Å². The van der Waals surface area contributed by atoms with Crippen molar-refractivity contribution in [2.24, 2.45) is 0 Å². The van der Waals surface area contributed by atoms with Crippen LogP contribution in [0.1, 0.15) is 18.7 Å². The summed E-state index contributed by atoms with van der Waals surface area (Å²) in [6.07, 6.45) is -4.87. The van der Waals surface area contributed by atoms with Crippen LogP contribution in [0.4, 0.5) is 13.2 Å². The van der Waals surface area contributed by atoms with E-state index in [1.165, 1.54) is 7.11 Å². The number of rotatable bonds is 4. The topological polar surface area (TPSA) is 27.1 Å². The number of fused-ring (bicyclic) bond motifs is 1. The molecular formula is C13H15F3N2O. The number of aromatic nitrogens is 2. The predicted molar refractivity (Wildman–Crippen MR) is 66.3 cm³/mol. The van der Waals surface area contributed by atoms with Gasteiger partial charge in [0.2, 0.25) is 0 Å². The Balaban J connectivity index is 2.29. The lowest BCUT2D eigenvalue weighted by Gasteiger charge is -2.10. The molecule has 0 N–H and O–H groups in total. The zero-order valence-electron chi connectivity index (χ0n) is 10.8. The Morgan fingerprint density at radius 2 is 2.05 bits per heavy atom. The lowest BCUT2D eigenvalue weighted by atomic mass is 10.2. The Bertz CT molecular complexity index is 575. The molecule has 1 aromatic carbocycles. The van der Waals surface area contributed by atoms with E-state index in [-0.39, 0.29) is 13.0 Å². The molecule has 0 saturated heterocycles. The largest absolute Gasteiger partial charge is 0.494 e. The van der Waals surface area contributed by atoms with Crippen molar-refractivity contribution in [2.45, 2.75) is 32.5 Å². The molecule has 1 heterocycles. The first-order valence-corrected chi connectivity index (χ1v) is 5.99. The fourth-order valence-corrected chi connectivity index (χ4v) is 2.14. The van der Waals surface area contributed by atoms with E-state index in [2.05, 4.69) is 4.98 Å². The Hall–Kier alpha value is -1.72. The third-order valence-corrected chi connectivity index (χ3v) is 2.98. The van der Waals surface area contributed by atoms with E-state index in [0.717, 1.165) is 11.0 Å². The third-order valence-electron chi connectivity index (χ3n) is 2.98. The zero-order valence-corrected chi connectivity index (χ0v) is 10.8. The van der Waals surface area contributed by atoms with Crippen LogP contribution in [-0.2, 0) is 6.54 Å². The summed E-state index contributed by atoms with van der Waals surface area (Å²) in [7, 11) is 1.54. The molecule has 0 fully saturated rings. The van der Waals surface area contributed by atoms with E-state index in [0.29, 0.717) is 11.6 Å². The lowest BCUT2D eigenvalue weighted by Crippen LogP contribution is -2.10. The van der Waals surface area contributed by atoms with Crippen LogP contribution in [0.5, 0.6) is 5.75 Å². The first-order valence-electron chi connectivity index (χ1n) is 5.99. The second-order valence-corrected chi connectivity index (χ2v) is 4.36. The monoisotopic (exact) mass is 272 g/mol. The minimum atomic E-state index is -4.12. The van der Waals surface area contributed by atoms with Gasteiger partial charge >= 0.3 is 6.18 Å². The molecule has 0 aliphatic carbocycles. The van der Waals surface area contributed by atoms with Crippen molar-refractivity contribution in [1.82, 2.24) is 9.55 Å². The fraction of sp³-hybridized carbons (Fsp3) is 0.462. The van der Waals surface area contributed by atoms with Gasteiger partial charge in [-0.25, -0.2) is 4.98 Å². The Kier molecular flexibility index (Phi) is 3.68. The van der Waals surface area contributed by atoms with Crippen LogP contribution in [0, 0.1) is 6.92 Å². The van der Waals surface area contributed by atoms with Crippen molar-refractivity contribution >= 4 is 11.0 Å². The molecule has 104 valence electrons. The molecule has 0 aliphatic heterocycles.